The molecule has 5 aromatic rings. The van der Waals surface area contributed by atoms with Gasteiger partial charge in [-0.2, -0.15) is 4.98 Å². The van der Waals surface area contributed by atoms with Crippen molar-refractivity contribution in [2.75, 3.05) is 25.0 Å². The third-order valence-electron chi connectivity index (χ3n) is 8.10. The minimum Gasteiger partial charge on any atom is -0.489 e. The molecule has 2 fully saturated rings. The topological polar surface area (TPSA) is 119 Å². The Morgan fingerprint density at radius 1 is 1.05 bits per heavy atom. The van der Waals surface area contributed by atoms with Crippen molar-refractivity contribution in [3.63, 3.8) is 0 Å². The molecule has 0 aliphatic carbocycles. The molecule has 0 bridgehead atoms. The summed E-state index contributed by atoms with van der Waals surface area (Å²) in [5, 5.41) is 14.0. The van der Waals surface area contributed by atoms with E-state index in [1.807, 2.05) is 41.9 Å². The summed E-state index contributed by atoms with van der Waals surface area (Å²) >= 11 is 8.26. The summed E-state index contributed by atoms with van der Waals surface area (Å²) < 4.78 is 7.73. The van der Waals surface area contributed by atoms with Crippen LogP contribution in [-0.4, -0.2) is 50.2 Å². The van der Waals surface area contributed by atoms with E-state index in [4.69, 9.17) is 21.3 Å². The maximum Gasteiger partial charge on any atom is 0.262 e. The Morgan fingerprint density at radius 3 is 2.70 bits per heavy atom. The van der Waals surface area contributed by atoms with Gasteiger partial charge in [0.2, 0.25) is 5.95 Å². The minimum absolute atomic E-state index is 0.183. The lowest BCUT2D eigenvalue weighted by Crippen LogP contribution is -2.37. The van der Waals surface area contributed by atoms with Crippen molar-refractivity contribution >= 4 is 45.6 Å². The molecule has 6 heterocycles. The van der Waals surface area contributed by atoms with Crippen molar-refractivity contribution < 1.29 is 4.74 Å². The number of fused-ring (bicyclic) bond motifs is 1. The maximum atomic E-state index is 14.0. The molecule has 3 N–H and O–H groups in total. The predicted molar refractivity (Wildman–Crippen MR) is 174 cm³/mol. The van der Waals surface area contributed by atoms with E-state index in [-0.39, 0.29) is 24.2 Å². The summed E-state index contributed by atoms with van der Waals surface area (Å²) in [5.41, 5.74) is 2.94. The number of aromatic nitrogens is 5. The quantitative estimate of drug-likeness (QED) is 0.199. The summed E-state index contributed by atoms with van der Waals surface area (Å²) in [6.45, 7) is 3.15. The second-order valence-electron chi connectivity index (χ2n) is 11.2. The average molecular weight is 629 g/mol. The van der Waals surface area contributed by atoms with Crippen molar-refractivity contribution in [2.45, 2.75) is 50.8 Å². The molecule has 2 atom stereocenters. The van der Waals surface area contributed by atoms with Gasteiger partial charge in [-0.25, -0.2) is 9.97 Å². The molecule has 44 heavy (non-hydrogen) atoms. The molecule has 2 unspecified atom stereocenters. The van der Waals surface area contributed by atoms with Crippen LogP contribution in [0.1, 0.15) is 48.7 Å². The van der Waals surface area contributed by atoms with Crippen LogP contribution in [0.2, 0.25) is 5.02 Å². The number of thiazole rings is 1. The summed E-state index contributed by atoms with van der Waals surface area (Å²) in [6.07, 6.45) is 11.0. The van der Waals surface area contributed by atoms with Gasteiger partial charge in [0.25, 0.3) is 5.56 Å². The Kier molecular flexibility index (Phi) is 8.52. The highest BCUT2D eigenvalue weighted by atomic mass is 35.5. The van der Waals surface area contributed by atoms with E-state index < -0.39 is 0 Å². The van der Waals surface area contributed by atoms with Crippen LogP contribution in [-0.2, 0) is 6.54 Å². The number of hydrogen-bond acceptors (Lipinski definition) is 10. The van der Waals surface area contributed by atoms with Crippen LogP contribution in [0, 0.1) is 0 Å². The average Bonchev–Trinajstić information content (AvgIpc) is 3.58. The van der Waals surface area contributed by atoms with Crippen molar-refractivity contribution in [1.29, 1.82) is 0 Å². The molecule has 2 aliphatic heterocycles. The van der Waals surface area contributed by atoms with Gasteiger partial charge in [-0.3, -0.25) is 14.3 Å². The monoisotopic (exact) mass is 628 g/mol. The summed E-state index contributed by atoms with van der Waals surface area (Å²) in [6, 6.07) is 11.7. The van der Waals surface area contributed by atoms with Gasteiger partial charge in [0.1, 0.15) is 22.5 Å². The molecule has 226 valence electrons. The van der Waals surface area contributed by atoms with Crippen LogP contribution >= 0.6 is 22.9 Å². The SMILES string of the molecule is O=c1c(-c2ncc(C3CCCCN3)cc2Cl)cc2cnc(Nc3ccc(OC4CCCNC4)cc3)nc2n1Cc1nccs1. The first kappa shape index (κ1) is 28.8. The molecule has 0 saturated carbocycles. The highest BCUT2D eigenvalue weighted by Gasteiger charge is 2.21. The van der Waals surface area contributed by atoms with Crippen molar-refractivity contribution in [3.8, 4) is 17.0 Å². The molecule has 7 rings (SSSR count). The van der Waals surface area contributed by atoms with Gasteiger partial charge in [-0.15, -0.1) is 11.3 Å². The van der Waals surface area contributed by atoms with Crippen LogP contribution in [0.25, 0.3) is 22.3 Å². The smallest absolute Gasteiger partial charge is 0.262 e. The van der Waals surface area contributed by atoms with Crippen molar-refractivity contribution in [2.24, 2.45) is 0 Å². The Hall–Kier alpha value is -3.90. The Morgan fingerprint density at radius 2 is 1.95 bits per heavy atom. The van der Waals surface area contributed by atoms with Crippen LogP contribution < -0.4 is 26.2 Å². The summed E-state index contributed by atoms with van der Waals surface area (Å²) in [5.74, 6) is 1.20. The molecule has 10 nitrogen and oxygen atoms in total. The van der Waals surface area contributed by atoms with Gasteiger partial charge < -0.3 is 20.7 Å². The number of nitrogens with one attached hydrogen (secondary N) is 3. The minimum atomic E-state index is -0.242. The molecule has 2 saturated heterocycles. The number of anilines is 2. The largest absolute Gasteiger partial charge is 0.489 e. The van der Waals surface area contributed by atoms with Crippen molar-refractivity contribution in [3.05, 3.63) is 86.3 Å². The number of ether oxygens (including phenoxy) is 1. The summed E-state index contributed by atoms with van der Waals surface area (Å²) in [4.78, 5) is 32.5. The van der Waals surface area contributed by atoms with Gasteiger partial charge in [0.05, 0.1) is 22.8 Å². The van der Waals surface area contributed by atoms with E-state index in [2.05, 4.69) is 30.9 Å². The number of piperidine rings is 2. The van der Waals surface area contributed by atoms with E-state index >= 15 is 0 Å². The van der Waals surface area contributed by atoms with Crippen LogP contribution in [0.3, 0.4) is 0 Å². The lowest BCUT2D eigenvalue weighted by molar-refractivity contribution is 0.167. The molecular formula is C32H33ClN8O2S. The molecular weight excluding hydrogens is 596 g/mol. The zero-order valence-electron chi connectivity index (χ0n) is 24.1. The molecule has 12 heteroatoms. The Bertz CT molecular complexity index is 1800. The molecule has 1 aromatic carbocycles. The molecule has 0 spiro atoms. The molecule has 4 aromatic heterocycles. The van der Waals surface area contributed by atoms with Gasteiger partial charge in [-0.05, 0) is 80.7 Å². The first-order valence-electron chi connectivity index (χ1n) is 15.0. The van der Waals surface area contributed by atoms with Gasteiger partial charge in [-0.1, -0.05) is 18.0 Å². The van der Waals surface area contributed by atoms with E-state index in [0.717, 1.165) is 67.3 Å². The predicted octanol–water partition coefficient (Wildman–Crippen LogP) is 5.70. The first-order valence-corrected chi connectivity index (χ1v) is 16.3. The standard InChI is InChI=1S/C32H33ClN8O2S/c33-26-15-20(27-5-1-2-11-35-27)16-37-29(26)25-14-21-17-38-32(40-30(21)41(31(25)42)19-28-36-12-13-44-28)39-22-6-8-23(9-7-22)43-24-4-3-10-34-18-24/h6-9,12-17,24,27,34-35H,1-5,10-11,18-19H2,(H,38,39,40). The van der Waals surface area contributed by atoms with Gasteiger partial charge >= 0.3 is 0 Å². The number of rotatable bonds is 8. The third-order valence-corrected chi connectivity index (χ3v) is 9.15. The van der Waals surface area contributed by atoms with E-state index in [9.17, 15) is 4.79 Å². The third kappa shape index (κ3) is 6.32. The number of pyridine rings is 2. The fourth-order valence-corrected chi connectivity index (χ4v) is 6.72. The Balaban J connectivity index is 1.20. The van der Waals surface area contributed by atoms with E-state index in [1.165, 1.54) is 17.8 Å². The second-order valence-corrected chi connectivity index (χ2v) is 12.6. The zero-order valence-corrected chi connectivity index (χ0v) is 25.7. The number of halogens is 1. The number of benzene rings is 1. The molecule has 2 aliphatic rings. The van der Waals surface area contributed by atoms with Gasteiger partial charge in [0, 0.05) is 47.6 Å². The second kappa shape index (κ2) is 13.0. The van der Waals surface area contributed by atoms with Crippen molar-refractivity contribution in [1.82, 2.24) is 35.1 Å². The number of hydrogen-bond donors (Lipinski definition) is 3. The van der Waals surface area contributed by atoms with Crippen LogP contribution in [0.4, 0.5) is 11.6 Å². The fourth-order valence-electron chi connectivity index (χ4n) is 5.84. The molecule has 0 amide bonds. The van der Waals surface area contributed by atoms with Gasteiger partial charge in [0.15, 0.2) is 0 Å². The van der Waals surface area contributed by atoms with E-state index in [0.29, 0.717) is 33.3 Å². The molecule has 0 radical (unpaired) electrons. The zero-order chi connectivity index (χ0) is 29.9. The summed E-state index contributed by atoms with van der Waals surface area (Å²) in [7, 11) is 0. The Labute approximate surface area is 263 Å². The maximum absolute atomic E-state index is 14.0. The first-order chi connectivity index (χ1) is 21.6. The normalized spacial score (nSPS) is 18.8. The highest BCUT2D eigenvalue weighted by Crippen LogP contribution is 2.31. The van der Waals surface area contributed by atoms with Crippen LogP contribution in [0.5, 0.6) is 5.75 Å². The fraction of sp³-hybridized carbons (Fsp3) is 0.344. The highest BCUT2D eigenvalue weighted by molar-refractivity contribution is 7.09. The lowest BCUT2D eigenvalue weighted by Gasteiger charge is -2.24. The van der Waals surface area contributed by atoms with E-state index in [1.54, 1.807) is 23.0 Å². The lowest BCUT2D eigenvalue weighted by atomic mass is 9.98. The number of nitrogens with zero attached hydrogens (tertiary/aromatic N) is 5. The van der Waals surface area contributed by atoms with Crippen LogP contribution in [0.15, 0.2) is 65.2 Å².